The van der Waals surface area contributed by atoms with E-state index in [9.17, 15) is 9.59 Å². The fourth-order valence-corrected chi connectivity index (χ4v) is 2.01. The Kier molecular flexibility index (Phi) is 5.36. The second-order valence-electron chi connectivity index (χ2n) is 5.46. The number of carbonyl (C=O) groups excluding carboxylic acids is 2. The minimum atomic E-state index is -0.347. The number of likely N-dealkylation sites (N-methyl/N-ethyl adjacent to an activating group) is 1. The van der Waals surface area contributed by atoms with Crippen molar-refractivity contribution in [1.29, 1.82) is 0 Å². The Balaban J connectivity index is 2.74. The van der Waals surface area contributed by atoms with Gasteiger partial charge in [0.2, 0.25) is 5.91 Å². The van der Waals surface area contributed by atoms with Crippen molar-refractivity contribution in [3.8, 4) is 0 Å². The Morgan fingerprint density at radius 3 is 2.20 bits per heavy atom. The number of carbonyl (C=O) groups is 2. The SMILES string of the molecule is CN(CC(=O)NC(C)(C)C)C(=O)c1cc(Cl)nc(Cl)c1. The van der Waals surface area contributed by atoms with Crippen molar-refractivity contribution in [1.82, 2.24) is 15.2 Å². The number of nitrogens with zero attached hydrogens (tertiary/aromatic N) is 2. The summed E-state index contributed by atoms with van der Waals surface area (Å²) in [4.78, 5) is 29.0. The van der Waals surface area contributed by atoms with Gasteiger partial charge in [-0.15, -0.1) is 0 Å². The van der Waals surface area contributed by atoms with Crippen LogP contribution in [0.25, 0.3) is 0 Å². The molecule has 5 nitrogen and oxygen atoms in total. The summed E-state index contributed by atoms with van der Waals surface area (Å²) in [5.41, 5.74) is -0.0504. The average Bonchev–Trinajstić information content (AvgIpc) is 2.23. The van der Waals surface area contributed by atoms with Crippen LogP contribution in [0.5, 0.6) is 0 Å². The topological polar surface area (TPSA) is 62.3 Å². The Labute approximate surface area is 128 Å². The van der Waals surface area contributed by atoms with E-state index in [-0.39, 0.29) is 34.2 Å². The lowest BCUT2D eigenvalue weighted by molar-refractivity contribution is -0.122. The van der Waals surface area contributed by atoms with Crippen molar-refractivity contribution >= 4 is 35.0 Å². The maximum Gasteiger partial charge on any atom is 0.254 e. The van der Waals surface area contributed by atoms with Gasteiger partial charge in [0, 0.05) is 18.2 Å². The van der Waals surface area contributed by atoms with Gasteiger partial charge >= 0.3 is 0 Å². The molecule has 1 heterocycles. The molecular formula is C13H17Cl2N3O2. The molecule has 0 spiro atoms. The van der Waals surface area contributed by atoms with E-state index < -0.39 is 0 Å². The van der Waals surface area contributed by atoms with Gasteiger partial charge in [0.05, 0.1) is 6.54 Å². The highest BCUT2D eigenvalue weighted by molar-refractivity contribution is 6.33. The van der Waals surface area contributed by atoms with E-state index >= 15 is 0 Å². The van der Waals surface area contributed by atoms with Crippen molar-refractivity contribution in [2.24, 2.45) is 0 Å². The van der Waals surface area contributed by atoms with Crippen LogP contribution in [0.15, 0.2) is 12.1 Å². The molecule has 0 aliphatic carbocycles. The highest BCUT2D eigenvalue weighted by atomic mass is 35.5. The lowest BCUT2D eigenvalue weighted by Crippen LogP contribution is -2.46. The highest BCUT2D eigenvalue weighted by Crippen LogP contribution is 2.15. The van der Waals surface area contributed by atoms with Crippen LogP contribution in [0.1, 0.15) is 31.1 Å². The molecule has 0 fully saturated rings. The van der Waals surface area contributed by atoms with Gasteiger partial charge in [-0.1, -0.05) is 23.2 Å². The van der Waals surface area contributed by atoms with Crippen LogP contribution in [0.3, 0.4) is 0 Å². The number of rotatable bonds is 3. The molecule has 0 saturated carbocycles. The zero-order valence-corrected chi connectivity index (χ0v) is 13.3. The van der Waals surface area contributed by atoms with Crippen molar-refractivity contribution < 1.29 is 9.59 Å². The molecular weight excluding hydrogens is 301 g/mol. The molecule has 1 rings (SSSR count). The van der Waals surface area contributed by atoms with Crippen molar-refractivity contribution in [2.45, 2.75) is 26.3 Å². The fourth-order valence-electron chi connectivity index (χ4n) is 1.55. The van der Waals surface area contributed by atoms with E-state index in [1.807, 2.05) is 20.8 Å². The van der Waals surface area contributed by atoms with Gasteiger partial charge in [0.1, 0.15) is 10.3 Å². The van der Waals surface area contributed by atoms with E-state index in [1.54, 1.807) is 0 Å². The molecule has 2 amide bonds. The first-order chi connectivity index (χ1) is 9.08. The lowest BCUT2D eigenvalue weighted by Gasteiger charge is -2.23. The number of pyridine rings is 1. The molecule has 7 heteroatoms. The van der Waals surface area contributed by atoms with Gasteiger partial charge in [-0.2, -0.15) is 0 Å². The van der Waals surface area contributed by atoms with Crippen LogP contribution < -0.4 is 5.32 Å². The third kappa shape index (κ3) is 5.35. The number of aromatic nitrogens is 1. The largest absolute Gasteiger partial charge is 0.350 e. The molecule has 0 aromatic carbocycles. The molecule has 0 unspecified atom stereocenters. The summed E-state index contributed by atoms with van der Waals surface area (Å²) in [6.45, 7) is 5.56. The zero-order valence-electron chi connectivity index (χ0n) is 11.8. The number of nitrogens with one attached hydrogen (secondary N) is 1. The quantitative estimate of drug-likeness (QED) is 0.871. The summed E-state index contributed by atoms with van der Waals surface area (Å²) in [5, 5.41) is 3.05. The summed E-state index contributed by atoms with van der Waals surface area (Å²) < 4.78 is 0. The monoisotopic (exact) mass is 317 g/mol. The molecule has 1 N–H and O–H groups in total. The minimum absolute atomic E-state index is 0.0480. The van der Waals surface area contributed by atoms with Crippen LogP contribution in [-0.4, -0.2) is 40.8 Å². The molecule has 1 aromatic heterocycles. The first-order valence-electron chi connectivity index (χ1n) is 5.98. The lowest BCUT2D eigenvalue weighted by atomic mass is 10.1. The molecule has 0 saturated heterocycles. The van der Waals surface area contributed by atoms with Crippen molar-refractivity contribution in [2.75, 3.05) is 13.6 Å². The predicted molar refractivity (Wildman–Crippen MR) is 79.1 cm³/mol. The van der Waals surface area contributed by atoms with Gasteiger partial charge in [0.15, 0.2) is 0 Å². The Bertz CT molecular complexity index is 507. The standard InChI is InChI=1S/C13H17Cl2N3O2/c1-13(2,3)17-11(19)7-18(4)12(20)8-5-9(14)16-10(15)6-8/h5-6H,7H2,1-4H3,(H,17,19). The molecule has 0 atom stereocenters. The molecule has 0 aliphatic heterocycles. The van der Waals surface area contributed by atoms with Crippen LogP contribution in [0.2, 0.25) is 10.3 Å². The van der Waals surface area contributed by atoms with Crippen LogP contribution in [-0.2, 0) is 4.79 Å². The second kappa shape index (κ2) is 6.41. The van der Waals surface area contributed by atoms with Crippen LogP contribution in [0, 0.1) is 0 Å². The molecule has 20 heavy (non-hydrogen) atoms. The van der Waals surface area contributed by atoms with Crippen molar-refractivity contribution in [3.63, 3.8) is 0 Å². The summed E-state index contributed by atoms with van der Waals surface area (Å²) in [7, 11) is 1.53. The maximum absolute atomic E-state index is 12.2. The molecule has 0 radical (unpaired) electrons. The molecule has 0 bridgehead atoms. The van der Waals surface area contributed by atoms with Gasteiger partial charge in [-0.25, -0.2) is 4.98 Å². The summed E-state index contributed by atoms with van der Waals surface area (Å²) in [6, 6.07) is 2.82. The summed E-state index contributed by atoms with van der Waals surface area (Å²) in [5.74, 6) is -0.583. The van der Waals surface area contributed by atoms with Gasteiger partial charge in [-0.05, 0) is 32.9 Å². The number of amides is 2. The summed E-state index contributed by atoms with van der Waals surface area (Å²) >= 11 is 11.5. The third-order valence-corrected chi connectivity index (χ3v) is 2.64. The smallest absolute Gasteiger partial charge is 0.254 e. The fraction of sp³-hybridized carbons (Fsp3) is 0.462. The van der Waals surface area contributed by atoms with Gasteiger partial charge in [0.25, 0.3) is 5.91 Å². The predicted octanol–water partition coefficient (Wildman–Crippen LogP) is 2.38. The molecule has 0 aliphatic rings. The van der Waals surface area contributed by atoms with Gasteiger partial charge < -0.3 is 10.2 Å². The zero-order chi connectivity index (χ0) is 15.5. The average molecular weight is 318 g/mol. The first-order valence-corrected chi connectivity index (χ1v) is 6.73. The van der Waals surface area contributed by atoms with E-state index in [1.165, 1.54) is 24.1 Å². The van der Waals surface area contributed by atoms with Crippen LogP contribution in [0.4, 0.5) is 0 Å². The molecule has 110 valence electrons. The number of halogens is 2. The molecule has 1 aromatic rings. The van der Waals surface area contributed by atoms with E-state index in [2.05, 4.69) is 10.3 Å². The van der Waals surface area contributed by atoms with E-state index in [0.29, 0.717) is 5.56 Å². The highest BCUT2D eigenvalue weighted by Gasteiger charge is 2.19. The normalized spacial score (nSPS) is 11.1. The number of hydrogen-bond acceptors (Lipinski definition) is 3. The Morgan fingerprint density at radius 2 is 1.75 bits per heavy atom. The maximum atomic E-state index is 12.2. The van der Waals surface area contributed by atoms with E-state index in [0.717, 1.165) is 0 Å². The first kappa shape index (κ1) is 16.7. The Hall–Kier alpha value is -1.33. The minimum Gasteiger partial charge on any atom is -0.350 e. The Morgan fingerprint density at radius 1 is 1.25 bits per heavy atom. The summed E-state index contributed by atoms with van der Waals surface area (Å²) in [6.07, 6.45) is 0. The van der Waals surface area contributed by atoms with E-state index in [4.69, 9.17) is 23.2 Å². The third-order valence-electron chi connectivity index (χ3n) is 2.25. The number of hydrogen-bond donors (Lipinski definition) is 1. The van der Waals surface area contributed by atoms with Crippen molar-refractivity contribution in [3.05, 3.63) is 28.0 Å². The van der Waals surface area contributed by atoms with Gasteiger partial charge in [-0.3, -0.25) is 9.59 Å². The second-order valence-corrected chi connectivity index (χ2v) is 6.24. The van der Waals surface area contributed by atoms with Crippen LogP contribution >= 0.6 is 23.2 Å².